The molecule has 3 nitrogen and oxygen atoms in total. The van der Waals surface area contributed by atoms with Gasteiger partial charge in [0.15, 0.2) is 5.79 Å². The van der Waals surface area contributed by atoms with E-state index in [-0.39, 0.29) is 18.3 Å². The lowest BCUT2D eigenvalue weighted by Gasteiger charge is -2.35. The molecule has 0 amide bonds. The van der Waals surface area contributed by atoms with Gasteiger partial charge in [-0.25, -0.2) is 0 Å². The van der Waals surface area contributed by atoms with Gasteiger partial charge >= 0.3 is 0 Å². The maximum absolute atomic E-state index is 9.17. The van der Waals surface area contributed by atoms with Crippen LogP contribution in [-0.2, 0) is 15.9 Å². The average molecular weight is 325 g/mol. The van der Waals surface area contributed by atoms with E-state index in [0.717, 1.165) is 50.3 Å². The number of benzene rings is 1. The summed E-state index contributed by atoms with van der Waals surface area (Å²) in [5.74, 6) is 0.461. The second-order valence-corrected chi connectivity index (χ2v) is 7.14. The van der Waals surface area contributed by atoms with Crippen molar-refractivity contribution < 1.29 is 14.6 Å². The fourth-order valence-corrected chi connectivity index (χ4v) is 4.01. The van der Waals surface area contributed by atoms with Crippen LogP contribution in [-0.4, -0.2) is 30.7 Å². The molecule has 0 unspecified atom stereocenters. The molecular weight excluding hydrogens is 300 g/mol. The molecule has 1 saturated heterocycles. The van der Waals surface area contributed by atoms with Crippen LogP contribution in [0.4, 0.5) is 0 Å². The Morgan fingerprint density at radius 1 is 1.27 bits per heavy atom. The van der Waals surface area contributed by atoms with E-state index < -0.39 is 0 Å². The molecule has 0 aromatic heterocycles. The lowest BCUT2D eigenvalue weighted by molar-refractivity contribution is -0.178. The smallest absolute Gasteiger partial charge is 0.168 e. The molecule has 2 aliphatic rings. The van der Waals surface area contributed by atoms with Crippen LogP contribution in [0.2, 0.25) is 5.02 Å². The van der Waals surface area contributed by atoms with E-state index in [4.69, 9.17) is 26.2 Å². The summed E-state index contributed by atoms with van der Waals surface area (Å²) in [7, 11) is 0. The minimum Gasteiger partial charge on any atom is -0.396 e. The van der Waals surface area contributed by atoms with Crippen LogP contribution in [0.1, 0.15) is 49.7 Å². The second kappa shape index (κ2) is 6.88. The van der Waals surface area contributed by atoms with E-state index in [9.17, 15) is 0 Å². The summed E-state index contributed by atoms with van der Waals surface area (Å²) < 4.78 is 11.6. The molecule has 1 aliphatic heterocycles. The number of halogens is 1. The fourth-order valence-electron chi connectivity index (χ4n) is 3.65. The average Bonchev–Trinajstić information content (AvgIpc) is 2.97. The number of hydrogen-bond donors (Lipinski definition) is 1. The summed E-state index contributed by atoms with van der Waals surface area (Å²) >= 11 is 6.52. The molecule has 1 spiro atoms. The van der Waals surface area contributed by atoms with E-state index in [0.29, 0.717) is 5.92 Å². The maximum Gasteiger partial charge on any atom is 0.168 e. The van der Waals surface area contributed by atoms with Gasteiger partial charge in [-0.1, -0.05) is 30.7 Å². The first-order chi connectivity index (χ1) is 10.6. The van der Waals surface area contributed by atoms with E-state index in [1.807, 2.05) is 6.92 Å². The topological polar surface area (TPSA) is 38.7 Å². The van der Waals surface area contributed by atoms with Crippen molar-refractivity contribution in [3.63, 3.8) is 0 Å². The van der Waals surface area contributed by atoms with Crippen molar-refractivity contribution in [1.82, 2.24) is 0 Å². The Kier molecular flexibility index (Phi) is 5.08. The highest BCUT2D eigenvalue weighted by Gasteiger charge is 2.40. The van der Waals surface area contributed by atoms with E-state index in [1.54, 1.807) is 0 Å². The molecule has 2 fully saturated rings. The van der Waals surface area contributed by atoms with Gasteiger partial charge in [0.2, 0.25) is 0 Å². The molecule has 1 N–H and O–H groups in total. The van der Waals surface area contributed by atoms with Crippen molar-refractivity contribution in [2.24, 2.45) is 5.92 Å². The predicted octanol–water partition coefficient (Wildman–Crippen LogP) is 3.91. The molecule has 1 heterocycles. The van der Waals surface area contributed by atoms with Crippen LogP contribution in [0.5, 0.6) is 0 Å². The van der Waals surface area contributed by atoms with Gasteiger partial charge in [0, 0.05) is 24.5 Å². The monoisotopic (exact) mass is 324 g/mol. The molecule has 22 heavy (non-hydrogen) atoms. The molecule has 0 radical (unpaired) electrons. The first kappa shape index (κ1) is 16.3. The van der Waals surface area contributed by atoms with Gasteiger partial charge in [-0.05, 0) is 48.3 Å². The summed E-state index contributed by atoms with van der Waals surface area (Å²) in [6.07, 6.45) is 4.90. The Bertz CT molecular complexity index is 501. The molecule has 1 aromatic rings. The van der Waals surface area contributed by atoms with E-state index >= 15 is 0 Å². The first-order valence-electron chi connectivity index (χ1n) is 8.29. The highest BCUT2D eigenvalue weighted by molar-refractivity contribution is 6.31. The number of aliphatic hydroxyl groups is 1. The zero-order chi connectivity index (χ0) is 15.6. The Morgan fingerprint density at radius 2 is 1.95 bits per heavy atom. The maximum atomic E-state index is 9.17. The summed E-state index contributed by atoms with van der Waals surface area (Å²) in [6.45, 7) is 3.71. The van der Waals surface area contributed by atoms with Crippen LogP contribution in [0.15, 0.2) is 18.2 Å². The van der Waals surface area contributed by atoms with Crippen molar-refractivity contribution in [3.05, 3.63) is 34.3 Å². The molecule has 1 saturated carbocycles. The van der Waals surface area contributed by atoms with Gasteiger partial charge in [0.25, 0.3) is 0 Å². The van der Waals surface area contributed by atoms with Crippen molar-refractivity contribution in [2.75, 3.05) is 19.8 Å². The molecule has 4 heteroatoms. The minimum atomic E-state index is -0.306. The lowest BCUT2D eigenvalue weighted by atomic mass is 9.80. The van der Waals surface area contributed by atoms with Gasteiger partial charge in [0.05, 0.1) is 13.2 Å². The number of hydrogen-bond acceptors (Lipinski definition) is 3. The SMILES string of the molecule is C[C@H](CO)Cc1ccc(C2CCC3(CC2)OCCO3)c(Cl)c1. The molecule has 1 aromatic carbocycles. The lowest BCUT2D eigenvalue weighted by Crippen LogP contribution is -2.34. The van der Waals surface area contributed by atoms with Crippen molar-refractivity contribution in [1.29, 1.82) is 0 Å². The second-order valence-electron chi connectivity index (χ2n) is 6.73. The standard InChI is InChI=1S/C18H25ClO3/c1-13(12-20)10-14-2-3-16(17(19)11-14)15-4-6-18(7-5-15)21-8-9-22-18/h2-3,11,13,15,20H,4-10,12H2,1H3/t13-/m0/s1. The molecular formula is C18H25ClO3. The van der Waals surface area contributed by atoms with Gasteiger partial charge in [-0.3, -0.25) is 0 Å². The van der Waals surface area contributed by atoms with Gasteiger partial charge in [-0.15, -0.1) is 0 Å². The first-order valence-corrected chi connectivity index (χ1v) is 8.67. The van der Waals surface area contributed by atoms with Crippen LogP contribution in [0, 0.1) is 5.92 Å². The van der Waals surface area contributed by atoms with Gasteiger partial charge < -0.3 is 14.6 Å². The Hall–Kier alpha value is -0.610. The zero-order valence-corrected chi connectivity index (χ0v) is 13.9. The van der Waals surface area contributed by atoms with Crippen molar-refractivity contribution in [3.8, 4) is 0 Å². The third-order valence-electron chi connectivity index (χ3n) is 4.96. The van der Waals surface area contributed by atoms with Gasteiger partial charge in [0.1, 0.15) is 0 Å². The highest BCUT2D eigenvalue weighted by atomic mass is 35.5. The molecule has 1 atom stereocenters. The predicted molar refractivity (Wildman–Crippen MR) is 87.2 cm³/mol. The summed E-state index contributed by atoms with van der Waals surface area (Å²) in [5.41, 5.74) is 2.44. The third kappa shape index (κ3) is 3.48. The number of aliphatic hydroxyl groups excluding tert-OH is 1. The summed E-state index contributed by atoms with van der Waals surface area (Å²) in [6, 6.07) is 6.39. The van der Waals surface area contributed by atoms with Crippen LogP contribution in [0.25, 0.3) is 0 Å². The Balaban J connectivity index is 1.65. The molecule has 0 bridgehead atoms. The fraction of sp³-hybridized carbons (Fsp3) is 0.667. The Morgan fingerprint density at radius 3 is 2.55 bits per heavy atom. The highest BCUT2D eigenvalue weighted by Crippen LogP contribution is 2.43. The quantitative estimate of drug-likeness (QED) is 0.912. The normalized spacial score (nSPS) is 23.0. The van der Waals surface area contributed by atoms with Crippen LogP contribution >= 0.6 is 11.6 Å². The van der Waals surface area contributed by atoms with Crippen molar-refractivity contribution in [2.45, 2.75) is 50.7 Å². The number of rotatable bonds is 4. The summed E-state index contributed by atoms with van der Waals surface area (Å²) in [4.78, 5) is 0. The van der Waals surface area contributed by atoms with E-state index in [2.05, 4.69) is 18.2 Å². The van der Waals surface area contributed by atoms with Crippen LogP contribution in [0.3, 0.4) is 0 Å². The van der Waals surface area contributed by atoms with Crippen LogP contribution < -0.4 is 0 Å². The largest absolute Gasteiger partial charge is 0.396 e. The molecule has 1 aliphatic carbocycles. The van der Waals surface area contributed by atoms with E-state index in [1.165, 1.54) is 11.1 Å². The molecule has 3 rings (SSSR count). The summed E-state index contributed by atoms with van der Waals surface area (Å²) in [5, 5.41) is 10.0. The van der Waals surface area contributed by atoms with Gasteiger partial charge in [-0.2, -0.15) is 0 Å². The van der Waals surface area contributed by atoms with Crippen molar-refractivity contribution >= 4 is 11.6 Å². The minimum absolute atomic E-state index is 0.212. The molecule has 122 valence electrons. The third-order valence-corrected chi connectivity index (χ3v) is 5.29. The Labute approximate surface area is 137 Å². The zero-order valence-electron chi connectivity index (χ0n) is 13.2. The number of ether oxygens (including phenoxy) is 2.